The average Bonchev–Trinajstić information content (AvgIpc) is 3.09. The van der Waals surface area contributed by atoms with E-state index in [1.165, 1.54) is 0 Å². The molecular formula is C22H26N6OS. The Morgan fingerprint density at radius 1 is 0.967 bits per heavy atom. The minimum atomic E-state index is 0.0945. The number of rotatable bonds is 5. The lowest BCUT2D eigenvalue weighted by molar-refractivity contribution is 0.101. The largest absolute Gasteiger partial charge is 0.369 e. The fourth-order valence-electron chi connectivity index (χ4n) is 3.89. The maximum atomic E-state index is 11.5. The number of benzene rings is 2. The molecule has 0 radical (unpaired) electrons. The van der Waals surface area contributed by atoms with E-state index in [1.54, 1.807) is 16.3 Å². The molecule has 7 nitrogen and oxygen atoms in total. The van der Waals surface area contributed by atoms with Crippen molar-refractivity contribution in [2.75, 3.05) is 31.1 Å². The van der Waals surface area contributed by atoms with Crippen molar-refractivity contribution in [2.24, 2.45) is 0 Å². The van der Waals surface area contributed by atoms with Crippen molar-refractivity contribution in [3.05, 3.63) is 63.9 Å². The maximum Gasteiger partial charge on any atom is 0.221 e. The van der Waals surface area contributed by atoms with Gasteiger partial charge in [-0.15, -0.1) is 0 Å². The topological polar surface area (TPSA) is 59.2 Å². The summed E-state index contributed by atoms with van der Waals surface area (Å²) in [6, 6.07) is 14.0. The summed E-state index contributed by atoms with van der Waals surface area (Å²) in [5, 5.41) is 8.63. The first-order valence-electron chi connectivity index (χ1n) is 10.1. The smallest absolute Gasteiger partial charge is 0.221 e. The molecule has 0 atom stereocenters. The molecular weight excluding hydrogens is 396 g/mol. The van der Waals surface area contributed by atoms with E-state index in [9.17, 15) is 4.79 Å². The van der Waals surface area contributed by atoms with E-state index < -0.39 is 0 Å². The molecule has 0 amide bonds. The van der Waals surface area contributed by atoms with Gasteiger partial charge in [-0.3, -0.25) is 9.69 Å². The fraction of sp³-hybridized carbons (Fsp3) is 0.364. The van der Waals surface area contributed by atoms with Crippen LogP contribution >= 0.6 is 12.2 Å². The number of carbonyl (C=O) groups is 1. The van der Waals surface area contributed by atoms with Crippen molar-refractivity contribution in [1.82, 2.24) is 24.7 Å². The van der Waals surface area contributed by atoms with Gasteiger partial charge in [-0.1, -0.05) is 18.2 Å². The van der Waals surface area contributed by atoms with Crippen LogP contribution in [0.5, 0.6) is 0 Å². The second kappa shape index (κ2) is 8.49. The molecule has 1 aliphatic rings. The van der Waals surface area contributed by atoms with Gasteiger partial charge < -0.3 is 4.90 Å². The second-order valence-electron chi connectivity index (χ2n) is 7.76. The van der Waals surface area contributed by atoms with E-state index >= 15 is 0 Å². The van der Waals surface area contributed by atoms with Gasteiger partial charge in [-0.25, -0.2) is 4.68 Å². The summed E-state index contributed by atoms with van der Waals surface area (Å²) in [6.07, 6.45) is 0. The molecule has 0 spiro atoms. The number of carbonyl (C=O) groups excluding carboxylic acids is 1. The summed E-state index contributed by atoms with van der Waals surface area (Å²) in [6.45, 7) is 9.99. The van der Waals surface area contributed by atoms with E-state index in [-0.39, 0.29) is 5.78 Å². The third-order valence-electron chi connectivity index (χ3n) is 5.64. The molecule has 2 heterocycles. The van der Waals surface area contributed by atoms with Gasteiger partial charge in [0.1, 0.15) is 0 Å². The molecule has 30 heavy (non-hydrogen) atoms. The molecule has 1 fully saturated rings. The number of tetrazole rings is 1. The van der Waals surface area contributed by atoms with Gasteiger partial charge in [0.05, 0.1) is 12.4 Å². The number of aryl methyl sites for hydroxylation is 2. The zero-order valence-electron chi connectivity index (χ0n) is 17.6. The van der Waals surface area contributed by atoms with Crippen LogP contribution in [0.1, 0.15) is 28.4 Å². The zero-order chi connectivity index (χ0) is 21.3. The average molecular weight is 423 g/mol. The van der Waals surface area contributed by atoms with Gasteiger partial charge >= 0.3 is 0 Å². The highest BCUT2D eigenvalue weighted by atomic mass is 32.1. The summed E-state index contributed by atoms with van der Waals surface area (Å²) < 4.78 is 4.15. The standard InChI is InChI=1S/C22H26N6OS/c1-16-5-4-6-17(2)21(16)28-22(30)27(23-24-28)15-25-11-13-26(14-12-25)20-9-7-19(8-10-20)18(3)29/h4-10H,11-15H2,1-3H3. The van der Waals surface area contributed by atoms with Crippen molar-refractivity contribution < 1.29 is 4.79 Å². The lowest BCUT2D eigenvalue weighted by Gasteiger charge is -2.35. The van der Waals surface area contributed by atoms with E-state index in [4.69, 9.17) is 12.2 Å². The fourth-order valence-corrected chi connectivity index (χ4v) is 4.11. The molecule has 2 aromatic carbocycles. The van der Waals surface area contributed by atoms with Gasteiger partial charge in [0.2, 0.25) is 4.77 Å². The first kappa shape index (κ1) is 20.4. The van der Waals surface area contributed by atoms with Gasteiger partial charge in [0, 0.05) is 37.4 Å². The molecule has 0 aliphatic carbocycles. The highest BCUT2D eigenvalue weighted by Crippen LogP contribution is 2.19. The number of Topliss-reactive ketones (excluding diaryl/α,β-unsaturated/α-hetero) is 1. The van der Waals surface area contributed by atoms with Gasteiger partial charge in [-0.2, -0.15) is 4.68 Å². The number of para-hydroxylation sites is 1. The number of aromatic nitrogens is 4. The summed E-state index contributed by atoms with van der Waals surface area (Å²) >= 11 is 5.66. The van der Waals surface area contributed by atoms with Crippen LogP contribution in [0.3, 0.4) is 0 Å². The molecule has 1 saturated heterocycles. The molecule has 0 bridgehead atoms. The van der Waals surface area contributed by atoms with Crippen LogP contribution in [-0.2, 0) is 6.67 Å². The monoisotopic (exact) mass is 422 g/mol. The third kappa shape index (κ3) is 4.06. The number of piperazine rings is 1. The van der Waals surface area contributed by atoms with Gasteiger partial charge in [0.25, 0.3) is 0 Å². The maximum absolute atomic E-state index is 11.5. The zero-order valence-corrected chi connectivity index (χ0v) is 18.4. The van der Waals surface area contributed by atoms with Crippen molar-refractivity contribution in [1.29, 1.82) is 0 Å². The molecule has 0 saturated carbocycles. The summed E-state index contributed by atoms with van der Waals surface area (Å²) in [7, 11) is 0. The Bertz CT molecular complexity index is 1090. The Morgan fingerprint density at radius 3 is 2.20 bits per heavy atom. The van der Waals surface area contributed by atoms with E-state index in [1.807, 2.05) is 30.3 Å². The summed E-state index contributed by atoms with van der Waals surface area (Å²) in [4.78, 5) is 16.1. The predicted octanol–water partition coefficient (Wildman–Crippen LogP) is 3.40. The van der Waals surface area contributed by atoms with E-state index in [0.29, 0.717) is 11.4 Å². The minimum absolute atomic E-state index is 0.0945. The normalized spacial score (nSPS) is 14.8. The molecule has 3 aromatic rings. The number of hydrogen-bond acceptors (Lipinski definition) is 6. The first-order chi connectivity index (χ1) is 14.4. The third-order valence-corrected chi connectivity index (χ3v) is 6.02. The van der Waals surface area contributed by atoms with Crippen LogP contribution in [0.15, 0.2) is 42.5 Å². The van der Waals surface area contributed by atoms with Crippen LogP contribution in [0.2, 0.25) is 0 Å². The Kier molecular flexibility index (Phi) is 5.78. The Labute approximate surface area is 181 Å². The summed E-state index contributed by atoms with van der Waals surface area (Å²) in [5.41, 5.74) is 5.16. The molecule has 0 N–H and O–H groups in total. The highest BCUT2D eigenvalue weighted by Gasteiger charge is 2.19. The number of nitrogens with zero attached hydrogens (tertiary/aromatic N) is 6. The van der Waals surface area contributed by atoms with Crippen molar-refractivity contribution in [3.63, 3.8) is 0 Å². The molecule has 0 unspecified atom stereocenters. The van der Waals surface area contributed by atoms with Crippen molar-refractivity contribution in [3.8, 4) is 5.69 Å². The highest BCUT2D eigenvalue weighted by molar-refractivity contribution is 7.71. The Balaban J connectivity index is 1.42. The lowest BCUT2D eigenvalue weighted by atomic mass is 10.1. The van der Waals surface area contributed by atoms with Crippen LogP contribution in [0.25, 0.3) is 5.69 Å². The quantitative estimate of drug-likeness (QED) is 0.464. The molecule has 8 heteroatoms. The van der Waals surface area contributed by atoms with Crippen LogP contribution in [0, 0.1) is 18.6 Å². The SMILES string of the molecule is CC(=O)c1ccc(N2CCN(Cn3nnn(-c4c(C)cccc4C)c3=S)CC2)cc1. The first-order valence-corrected chi connectivity index (χ1v) is 10.5. The van der Waals surface area contributed by atoms with Crippen LogP contribution < -0.4 is 4.90 Å². The lowest BCUT2D eigenvalue weighted by Crippen LogP contribution is -2.47. The minimum Gasteiger partial charge on any atom is -0.369 e. The number of anilines is 1. The molecule has 156 valence electrons. The molecule has 4 rings (SSSR count). The number of ketones is 1. The van der Waals surface area contributed by atoms with Crippen molar-refractivity contribution >= 4 is 23.7 Å². The van der Waals surface area contributed by atoms with E-state index in [0.717, 1.165) is 54.2 Å². The Hall–Kier alpha value is -2.84. The predicted molar refractivity (Wildman–Crippen MR) is 120 cm³/mol. The Morgan fingerprint density at radius 2 is 1.60 bits per heavy atom. The van der Waals surface area contributed by atoms with Crippen LogP contribution in [-0.4, -0.2) is 56.7 Å². The van der Waals surface area contributed by atoms with Crippen molar-refractivity contribution in [2.45, 2.75) is 27.4 Å². The van der Waals surface area contributed by atoms with Gasteiger partial charge in [0.15, 0.2) is 5.78 Å². The second-order valence-corrected chi connectivity index (χ2v) is 8.13. The molecule has 1 aromatic heterocycles. The number of hydrogen-bond donors (Lipinski definition) is 0. The molecule has 1 aliphatic heterocycles. The van der Waals surface area contributed by atoms with Crippen LogP contribution in [0.4, 0.5) is 5.69 Å². The summed E-state index contributed by atoms with van der Waals surface area (Å²) in [5.74, 6) is 0.0945. The van der Waals surface area contributed by atoms with E-state index in [2.05, 4.69) is 46.2 Å². The van der Waals surface area contributed by atoms with Gasteiger partial charge in [-0.05, 0) is 78.8 Å².